The predicted molar refractivity (Wildman–Crippen MR) is 52.8 cm³/mol. The number of hydrogen-bond acceptors (Lipinski definition) is 2. The van der Waals surface area contributed by atoms with Gasteiger partial charge in [-0.1, -0.05) is 13.8 Å². The van der Waals surface area contributed by atoms with Crippen LogP contribution in [0.4, 0.5) is 0 Å². The third kappa shape index (κ3) is 2.09. The van der Waals surface area contributed by atoms with Crippen LogP contribution in [-0.4, -0.2) is 15.6 Å². The lowest BCUT2D eigenvalue weighted by Gasteiger charge is -2.34. The van der Waals surface area contributed by atoms with Crippen LogP contribution in [0.3, 0.4) is 0 Å². The van der Waals surface area contributed by atoms with Gasteiger partial charge in [-0.2, -0.15) is 0 Å². The van der Waals surface area contributed by atoms with E-state index in [2.05, 4.69) is 44.3 Å². The van der Waals surface area contributed by atoms with Crippen LogP contribution in [0.5, 0.6) is 0 Å². The van der Waals surface area contributed by atoms with E-state index in [-0.39, 0.29) is 0 Å². The van der Waals surface area contributed by atoms with E-state index in [9.17, 15) is 0 Å². The summed E-state index contributed by atoms with van der Waals surface area (Å²) in [5.74, 6) is 3.64. The molecule has 0 aromatic rings. The minimum absolute atomic E-state index is 0.534. The smallest absolute Gasteiger partial charge is 0.0580 e. The molecule has 0 amide bonds. The summed E-state index contributed by atoms with van der Waals surface area (Å²) in [6.07, 6.45) is 1.30. The Morgan fingerprint density at radius 2 is 1.90 bits per heavy atom. The molecule has 2 heteroatoms. The average molecular weight is 176 g/mol. The summed E-state index contributed by atoms with van der Waals surface area (Å²) in [5.41, 5.74) is 0. The first-order valence-electron chi connectivity index (χ1n) is 3.94. The van der Waals surface area contributed by atoms with Crippen LogP contribution in [0.15, 0.2) is 0 Å². The summed E-state index contributed by atoms with van der Waals surface area (Å²) >= 11 is 4.27. The molecule has 1 fully saturated rings. The molecule has 0 aromatic carbocycles. The molecule has 1 heterocycles. The van der Waals surface area contributed by atoms with Crippen LogP contribution < -0.4 is 0 Å². The Kier molecular flexibility index (Phi) is 2.99. The Bertz CT molecular complexity index is 104. The molecule has 0 radical (unpaired) electrons. The van der Waals surface area contributed by atoms with Crippen molar-refractivity contribution in [2.45, 2.75) is 31.3 Å². The molecule has 1 rings (SSSR count). The van der Waals surface area contributed by atoms with Crippen molar-refractivity contribution in [2.24, 2.45) is 5.92 Å². The molecule has 0 bridgehead atoms. The zero-order chi connectivity index (χ0) is 7.61. The Morgan fingerprint density at radius 1 is 1.40 bits per heavy atom. The van der Waals surface area contributed by atoms with Gasteiger partial charge >= 0.3 is 0 Å². The summed E-state index contributed by atoms with van der Waals surface area (Å²) < 4.78 is 0.534. The highest BCUT2D eigenvalue weighted by atomic mass is 32.2. The van der Waals surface area contributed by atoms with E-state index in [1.807, 2.05) is 0 Å². The van der Waals surface area contributed by atoms with Gasteiger partial charge in [0.2, 0.25) is 0 Å². The number of hydrogen-bond donors (Lipinski definition) is 0. The van der Waals surface area contributed by atoms with Crippen LogP contribution in [0.2, 0.25) is 0 Å². The summed E-state index contributed by atoms with van der Waals surface area (Å²) in [7, 11) is 0. The quantitative estimate of drug-likeness (QED) is 0.601. The first-order valence-corrected chi connectivity index (χ1v) is 5.91. The fourth-order valence-corrected chi connectivity index (χ4v) is 3.74. The summed E-state index contributed by atoms with van der Waals surface area (Å²) in [4.78, 5) is 0. The van der Waals surface area contributed by atoms with Crippen molar-refractivity contribution in [3.05, 3.63) is 0 Å². The van der Waals surface area contributed by atoms with Crippen molar-refractivity contribution in [3.8, 4) is 0 Å². The van der Waals surface area contributed by atoms with Crippen LogP contribution >= 0.6 is 23.5 Å². The minimum Gasteiger partial charge on any atom is -0.144 e. The second-order valence-electron chi connectivity index (χ2n) is 3.21. The van der Waals surface area contributed by atoms with Crippen molar-refractivity contribution in [3.63, 3.8) is 0 Å². The zero-order valence-corrected chi connectivity index (χ0v) is 8.65. The van der Waals surface area contributed by atoms with Gasteiger partial charge in [0.25, 0.3) is 0 Å². The Morgan fingerprint density at radius 3 is 2.30 bits per heavy atom. The van der Waals surface area contributed by atoms with E-state index in [1.165, 1.54) is 17.9 Å². The molecule has 1 saturated heterocycles. The maximum atomic E-state index is 2.37. The highest BCUT2D eigenvalue weighted by Crippen LogP contribution is 2.45. The van der Waals surface area contributed by atoms with Crippen molar-refractivity contribution in [1.29, 1.82) is 0 Å². The van der Waals surface area contributed by atoms with Gasteiger partial charge in [0.05, 0.1) is 4.08 Å². The van der Waals surface area contributed by atoms with Crippen molar-refractivity contribution >= 4 is 23.5 Å². The topological polar surface area (TPSA) is 0 Å². The van der Waals surface area contributed by atoms with E-state index < -0.39 is 0 Å². The van der Waals surface area contributed by atoms with E-state index in [0.29, 0.717) is 4.08 Å². The van der Waals surface area contributed by atoms with Gasteiger partial charge in [-0.05, 0) is 30.8 Å². The lowest BCUT2D eigenvalue weighted by molar-refractivity contribution is 0.728. The standard InChI is InChI=1S/C8H16S2/c1-4-8(3)9-5-7(2)6-10-8/h7H,4-6H2,1-3H3. The Hall–Kier alpha value is 0.700. The van der Waals surface area contributed by atoms with Crippen LogP contribution in [0.25, 0.3) is 0 Å². The van der Waals surface area contributed by atoms with Gasteiger partial charge in [-0.3, -0.25) is 0 Å². The molecule has 0 N–H and O–H groups in total. The second kappa shape index (κ2) is 3.40. The molecule has 10 heavy (non-hydrogen) atoms. The largest absolute Gasteiger partial charge is 0.144 e. The molecule has 1 aliphatic heterocycles. The SMILES string of the molecule is CCC1(C)SCC(C)CS1. The normalized spacial score (nSPS) is 41.7. The lowest BCUT2D eigenvalue weighted by Crippen LogP contribution is -2.24. The zero-order valence-electron chi connectivity index (χ0n) is 7.02. The molecule has 0 saturated carbocycles. The monoisotopic (exact) mass is 176 g/mol. The highest BCUT2D eigenvalue weighted by Gasteiger charge is 2.28. The molecule has 0 aromatic heterocycles. The van der Waals surface area contributed by atoms with Crippen LogP contribution in [-0.2, 0) is 0 Å². The van der Waals surface area contributed by atoms with Crippen LogP contribution in [0.1, 0.15) is 27.2 Å². The summed E-state index contributed by atoms with van der Waals surface area (Å²) in [6, 6.07) is 0. The number of thioether (sulfide) groups is 2. The van der Waals surface area contributed by atoms with Crippen molar-refractivity contribution in [1.82, 2.24) is 0 Å². The molecular formula is C8H16S2. The third-order valence-electron chi connectivity index (χ3n) is 1.99. The summed E-state index contributed by atoms with van der Waals surface area (Å²) in [5, 5.41) is 0. The highest BCUT2D eigenvalue weighted by molar-refractivity contribution is 8.18. The Labute approximate surface area is 72.5 Å². The van der Waals surface area contributed by atoms with Gasteiger partial charge in [-0.25, -0.2) is 0 Å². The van der Waals surface area contributed by atoms with Crippen molar-refractivity contribution in [2.75, 3.05) is 11.5 Å². The summed E-state index contributed by atoms with van der Waals surface area (Å²) in [6.45, 7) is 7.00. The fourth-order valence-electron chi connectivity index (χ4n) is 0.931. The van der Waals surface area contributed by atoms with Crippen LogP contribution in [0, 0.1) is 5.92 Å². The number of rotatable bonds is 1. The van der Waals surface area contributed by atoms with Gasteiger partial charge < -0.3 is 0 Å². The molecule has 0 spiro atoms. The van der Waals surface area contributed by atoms with Gasteiger partial charge in [0.1, 0.15) is 0 Å². The Balaban J connectivity index is 2.38. The molecule has 0 atom stereocenters. The van der Waals surface area contributed by atoms with E-state index in [4.69, 9.17) is 0 Å². The molecule has 1 aliphatic rings. The average Bonchev–Trinajstić information content (AvgIpc) is 1.96. The fraction of sp³-hybridized carbons (Fsp3) is 1.00. The molecule has 0 unspecified atom stereocenters. The lowest BCUT2D eigenvalue weighted by atomic mass is 10.3. The van der Waals surface area contributed by atoms with E-state index >= 15 is 0 Å². The predicted octanol–water partition coefficient (Wildman–Crippen LogP) is 3.23. The van der Waals surface area contributed by atoms with Gasteiger partial charge in [-0.15, -0.1) is 23.5 Å². The van der Waals surface area contributed by atoms with Gasteiger partial charge in [0.15, 0.2) is 0 Å². The molecule has 0 aliphatic carbocycles. The maximum Gasteiger partial charge on any atom is 0.0580 e. The first kappa shape index (κ1) is 8.79. The van der Waals surface area contributed by atoms with E-state index in [0.717, 1.165) is 5.92 Å². The first-order chi connectivity index (χ1) is 4.66. The molecule has 60 valence electrons. The van der Waals surface area contributed by atoms with Crippen molar-refractivity contribution < 1.29 is 0 Å². The molecule has 0 nitrogen and oxygen atoms in total. The molecular weight excluding hydrogens is 160 g/mol. The third-order valence-corrected chi connectivity index (χ3v) is 5.97. The maximum absolute atomic E-state index is 2.37. The van der Waals surface area contributed by atoms with Gasteiger partial charge in [0, 0.05) is 0 Å². The second-order valence-corrected chi connectivity index (χ2v) is 6.52. The minimum atomic E-state index is 0.534. The van der Waals surface area contributed by atoms with E-state index in [1.54, 1.807) is 0 Å².